The zero-order chi connectivity index (χ0) is 30.6. The van der Waals surface area contributed by atoms with E-state index in [0.717, 1.165) is 16.7 Å². The molecule has 4 aromatic carbocycles. The van der Waals surface area contributed by atoms with Gasteiger partial charge in [-0.1, -0.05) is 71.4 Å². The van der Waals surface area contributed by atoms with E-state index in [1.165, 1.54) is 11.1 Å². The Morgan fingerprint density at radius 2 is 1.58 bits per heavy atom. The number of ether oxygens (including phenoxy) is 1. The van der Waals surface area contributed by atoms with Gasteiger partial charge in [-0.3, -0.25) is 14.4 Å². The van der Waals surface area contributed by atoms with E-state index in [-0.39, 0.29) is 30.8 Å². The SMILES string of the molecule is CCOC(=O)CCCON=Cc1ccccc1N(C)C(=O)c1ccc(NC(=O)c2ccccc2-c2ccc(C)cc2)cc1. The number of benzene rings is 4. The number of nitrogens with zero attached hydrogens (tertiary/aromatic N) is 2. The molecule has 0 aliphatic heterocycles. The van der Waals surface area contributed by atoms with Crippen LogP contribution in [0.25, 0.3) is 11.1 Å². The maximum atomic E-state index is 13.3. The molecule has 0 aliphatic rings. The van der Waals surface area contributed by atoms with Gasteiger partial charge in [0.25, 0.3) is 11.8 Å². The first-order chi connectivity index (χ1) is 20.9. The number of rotatable bonds is 12. The minimum absolute atomic E-state index is 0.223. The van der Waals surface area contributed by atoms with Crippen LogP contribution in [-0.4, -0.2) is 44.3 Å². The summed E-state index contributed by atoms with van der Waals surface area (Å²) in [6, 6.07) is 29.7. The number of carbonyl (C=O) groups excluding carboxylic acids is 3. The molecule has 8 nitrogen and oxygen atoms in total. The van der Waals surface area contributed by atoms with Gasteiger partial charge in [0.1, 0.15) is 6.61 Å². The molecule has 0 heterocycles. The van der Waals surface area contributed by atoms with Crippen molar-refractivity contribution in [2.45, 2.75) is 26.7 Å². The first-order valence-corrected chi connectivity index (χ1v) is 14.1. The van der Waals surface area contributed by atoms with Crippen molar-refractivity contribution in [3.8, 4) is 11.1 Å². The number of esters is 1. The average Bonchev–Trinajstić information content (AvgIpc) is 3.03. The van der Waals surface area contributed by atoms with Gasteiger partial charge in [-0.15, -0.1) is 0 Å². The van der Waals surface area contributed by atoms with Crippen LogP contribution >= 0.6 is 0 Å². The minimum Gasteiger partial charge on any atom is -0.466 e. The monoisotopic (exact) mass is 577 g/mol. The Labute approximate surface area is 251 Å². The molecule has 4 rings (SSSR count). The van der Waals surface area contributed by atoms with Crippen molar-refractivity contribution in [3.63, 3.8) is 0 Å². The number of oxime groups is 1. The van der Waals surface area contributed by atoms with Crippen molar-refractivity contribution in [3.05, 3.63) is 119 Å². The highest BCUT2D eigenvalue weighted by atomic mass is 16.6. The average molecular weight is 578 g/mol. The molecule has 0 unspecified atom stereocenters. The topological polar surface area (TPSA) is 97.3 Å². The van der Waals surface area contributed by atoms with E-state index in [1.54, 1.807) is 44.3 Å². The fourth-order valence-corrected chi connectivity index (χ4v) is 4.43. The lowest BCUT2D eigenvalue weighted by Crippen LogP contribution is -2.27. The van der Waals surface area contributed by atoms with Gasteiger partial charge in [0, 0.05) is 35.8 Å². The van der Waals surface area contributed by atoms with Gasteiger partial charge in [0.15, 0.2) is 0 Å². The zero-order valence-corrected chi connectivity index (χ0v) is 24.6. The molecule has 8 heteroatoms. The summed E-state index contributed by atoms with van der Waals surface area (Å²) < 4.78 is 4.89. The fourth-order valence-electron chi connectivity index (χ4n) is 4.43. The van der Waals surface area contributed by atoms with Crippen LogP contribution in [-0.2, 0) is 14.4 Å². The Morgan fingerprint density at radius 3 is 2.33 bits per heavy atom. The Morgan fingerprint density at radius 1 is 0.884 bits per heavy atom. The summed E-state index contributed by atoms with van der Waals surface area (Å²) in [7, 11) is 1.69. The molecular weight excluding hydrogens is 542 g/mol. The minimum atomic E-state index is -0.264. The Kier molecular flexibility index (Phi) is 10.8. The van der Waals surface area contributed by atoms with Crippen LogP contribution in [0.2, 0.25) is 0 Å². The van der Waals surface area contributed by atoms with E-state index in [1.807, 2.05) is 73.7 Å². The summed E-state index contributed by atoms with van der Waals surface area (Å²) in [5.74, 6) is -0.720. The number of hydrogen-bond acceptors (Lipinski definition) is 6. The predicted octanol–water partition coefficient (Wildman–Crippen LogP) is 6.88. The fraction of sp³-hybridized carbons (Fsp3) is 0.200. The second-order valence-electron chi connectivity index (χ2n) is 9.84. The largest absolute Gasteiger partial charge is 0.466 e. The first-order valence-electron chi connectivity index (χ1n) is 14.1. The molecule has 0 aromatic heterocycles. The molecular formula is C35H35N3O5. The molecule has 2 amide bonds. The summed E-state index contributed by atoms with van der Waals surface area (Å²) in [6.45, 7) is 4.41. The van der Waals surface area contributed by atoms with Crippen molar-refractivity contribution in [1.29, 1.82) is 0 Å². The van der Waals surface area contributed by atoms with Gasteiger partial charge < -0.3 is 19.8 Å². The van der Waals surface area contributed by atoms with Crippen molar-refractivity contribution in [2.75, 3.05) is 30.5 Å². The van der Waals surface area contributed by atoms with E-state index in [0.29, 0.717) is 41.1 Å². The third kappa shape index (κ3) is 8.39. The normalized spacial score (nSPS) is 10.8. The van der Waals surface area contributed by atoms with E-state index >= 15 is 0 Å². The number of anilines is 2. The second-order valence-corrected chi connectivity index (χ2v) is 9.84. The van der Waals surface area contributed by atoms with Crippen molar-refractivity contribution in [1.82, 2.24) is 0 Å². The lowest BCUT2D eigenvalue weighted by molar-refractivity contribution is -0.143. The highest BCUT2D eigenvalue weighted by molar-refractivity contribution is 6.10. The first kappa shape index (κ1) is 30.7. The number of para-hydroxylation sites is 1. The lowest BCUT2D eigenvalue weighted by Gasteiger charge is -2.19. The molecule has 220 valence electrons. The highest BCUT2D eigenvalue weighted by Crippen LogP contribution is 2.26. The van der Waals surface area contributed by atoms with E-state index < -0.39 is 0 Å². The number of carbonyl (C=O) groups is 3. The second kappa shape index (κ2) is 15.1. The number of hydrogen-bond donors (Lipinski definition) is 1. The van der Waals surface area contributed by atoms with Gasteiger partial charge in [-0.25, -0.2) is 0 Å². The molecule has 0 atom stereocenters. The molecule has 43 heavy (non-hydrogen) atoms. The van der Waals surface area contributed by atoms with Crippen molar-refractivity contribution in [2.24, 2.45) is 5.16 Å². The molecule has 0 fully saturated rings. The van der Waals surface area contributed by atoms with Gasteiger partial charge >= 0.3 is 5.97 Å². The number of nitrogens with one attached hydrogen (secondary N) is 1. The lowest BCUT2D eigenvalue weighted by atomic mass is 9.98. The maximum Gasteiger partial charge on any atom is 0.305 e. The van der Waals surface area contributed by atoms with Crippen LogP contribution in [0.15, 0.2) is 102 Å². The maximum absolute atomic E-state index is 13.3. The summed E-state index contributed by atoms with van der Waals surface area (Å²) in [4.78, 5) is 44.8. The molecule has 0 saturated heterocycles. The summed E-state index contributed by atoms with van der Waals surface area (Å²) in [6.07, 6.45) is 2.29. The third-order valence-electron chi connectivity index (χ3n) is 6.71. The Hall–Kier alpha value is -5.24. The van der Waals surface area contributed by atoms with Crippen LogP contribution < -0.4 is 10.2 Å². The van der Waals surface area contributed by atoms with Crippen molar-refractivity contribution < 1.29 is 24.0 Å². The quantitative estimate of drug-likeness (QED) is 0.0856. The van der Waals surface area contributed by atoms with E-state index in [4.69, 9.17) is 9.57 Å². The van der Waals surface area contributed by atoms with Crippen LogP contribution in [0.5, 0.6) is 0 Å². The van der Waals surface area contributed by atoms with Crippen LogP contribution in [0.4, 0.5) is 11.4 Å². The van der Waals surface area contributed by atoms with Crippen LogP contribution in [0.3, 0.4) is 0 Å². The van der Waals surface area contributed by atoms with Gasteiger partial charge in [0.05, 0.1) is 18.5 Å². The van der Waals surface area contributed by atoms with Crippen LogP contribution in [0, 0.1) is 6.92 Å². The number of aryl methyl sites for hydroxylation is 1. The molecule has 1 N–H and O–H groups in total. The number of amides is 2. The smallest absolute Gasteiger partial charge is 0.305 e. The third-order valence-corrected chi connectivity index (χ3v) is 6.71. The van der Waals surface area contributed by atoms with Gasteiger partial charge in [-0.05, 0) is 67.8 Å². The summed E-state index contributed by atoms with van der Waals surface area (Å²) in [5, 5.41) is 6.94. The van der Waals surface area contributed by atoms with Crippen molar-refractivity contribution >= 4 is 35.4 Å². The van der Waals surface area contributed by atoms with E-state index in [9.17, 15) is 14.4 Å². The standard InChI is InChI=1S/C35H35N3O5/c1-4-42-33(39)14-9-23-43-36-24-28-10-5-8-13-32(28)38(3)35(41)27-19-21-29(22-20-27)37-34(40)31-12-7-6-11-30(31)26-17-15-25(2)16-18-26/h5-8,10-13,15-22,24H,4,9,14,23H2,1-3H3,(H,37,40). The Bertz CT molecular complexity index is 1580. The van der Waals surface area contributed by atoms with E-state index in [2.05, 4.69) is 10.5 Å². The molecule has 0 spiro atoms. The zero-order valence-electron chi connectivity index (χ0n) is 24.6. The van der Waals surface area contributed by atoms with Crippen LogP contribution in [0.1, 0.15) is 51.6 Å². The summed E-state index contributed by atoms with van der Waals surface area (Å²) in [5.41, 5.74) is 5.90. The van der Waals surface area contributed by atoms with Gasteiger partial charge in [0.2, 0.25) is 0 Å². The predicted molar refractivity (Wildman–Crippen MR) is 170 cm³/mol. The van der Waals surface area contributed by atoms with Gasteiger partial charge in [-0.2, -0.15) is 0 Å². The molecule has 0 saturated carbocycles. The molecule has 0 radical (unpaired) electrons. The molecule has 0 aliphatic carbocycles. The summed E-state index contributed by atoms with van der Waals surface area (Å²) >= 11 is 0. The highest BCUT2D eigenvalue weighted by Gasteiger charge is 2.17. The molecule has 4 aromatic rings. The Balaban J connectivity index is 1.39. The molecule has 0 bridgehead atoms.